The second-order valence-electron chi connectivity index (χ2n) is 10.9. The van der Waals surface area contributed by atoms with Crippen LogP contribution in [0.15, 0.2) is 103 Å². The number of nitrogens with zero attached hydrogens (tertiary/aromatic N) is 3. The van der Waals surface area contributed by atoms with E-state index in [1.807, 2.05) is 65.6 Å². The molecule has 4 aromatic carbocycles. The minimum absolute atomic E-state index is 0.00408. The smallest absolute Gasteiger partial charge is 0.416 e. The predicted octanol–water partition coefficient (Wildman–Crippen LogP) is 9.98. The maximum atomic E-state index is 15.2. The van der Waals surface area contributed by atoms with Crippen molar-refractivity contribution in [3.63, 3.8) is 0 Å². The molecule has 0 aliphatic rings. The number of ether oxygens (including phenoxy) is 1. The molecule has 0 amide bonds. The largest absolute Gasteiger partial charge is 0.435 e. The zero-order valence-corrected chi connectivity index (χ0v) is 25.2. The first-order chi connectivity index (χ1) is 22.1. The minimum Gasteiger partial charge on any atom is -0.435 e. The lowest BCUT2D eigenvalue weighted by atomic mass is 10.1. The van der Waals surface area contributed by atoms with Gasteiger partial charge in [-0.1, -0.05) is 92.2 Å². The zero-order chi connectivity index (χ0) is 32.7. The Hall–Kier alpha value is -4.57. The molecule has 0 atom stereocenters. The highest BCUT2D eigenvalue weighted by atomic mass is 19.4. The average molecular weight is 638 g/mol. The van der Waals surface area contributed by atoms with E-state index in [2.05, 4.69) is 16.2 Å². The van der Waals surface area contributed by atoms with Crippen LogP contribution in [0, 0.1) is 5.82 Å². The average Bonchev–Trinajstić information content (AvgIpc) is 3.39. The lowest BCUT2D eigenvalue weighted by Crippen LogP contribution is -2.25. The summed E-state index contributed by atoms with van der Waals surface area (Å²) in [5.41, 5.74) is 3.17. The molecule has 0 spiro atoms. The van der Waals surface area contributed by atoms with Gasteiger partial charge in [0.2, 0.25) is 0 Å². The molecule has 0 saturated carbocycles. The summed E-state index contributed by atoms with van der Waals surface area (Å²) in [6.45, 7) is 0.277. The van der Waals surface area contributed by atoms with Crippen molar-refractivity contribution < 1.29 is 31.1 Å². The van der Waals surface area contributed by atoms with Crippen LogP contribution in [0.4, 0.5) is 26.3 Å². The fraction of sp³-hybridized carbons (Fsp3) is 0.250. The van der Waals surface area contributed by atoms with Crippen LogP contribution in [-0.2, 0) is 32.4 Å². The lowest BCUT2D eigenvalue weighted by Gasteiger charge is -2.25. The summed E-state index contributed by atoms with van der Waals surface area (Å²) in [6, 6.07) is 28.1. The van der Waals surface area contributed by atoms with Gasteiger partial charge < -0.3 is 9.30 Å². The number of rotatable bonds is 13. The number of hydrogen-bond acceptors (Lipinski definition) is 3. The Labute approximate surface area is 263 Å². The van der Waals surface area contributed by atoms with Gasteiger partial charge in [0.05, 0.1) is 17.0 Å². The SMILES string of the molecule is CCCCn1c(-c2ccccc2)nc(-c2ccccc2)c1CN(Cc1ccc(OC(F)F)cc1)Cc1ccc(C(F)(F)F)cc1F. The van der Waals surface area contributed by atoms with E-state index in [1.165, 1.54) is 12.1 Å². The first-order valence-electron chi connectivity index (χ1n) is 14.9. The molecule has 0 radical (unpaired) electrons. The summed E-state index contributed by atoms with van der Waals surface area (Å²) in [5.74, 6) is -0.194. The molecule has 0 aliphatic heterocycles. The van der Waals surface area contributed by atoms with E-state index in [0.717, 1.165) is 58.9 Å². The zero-order valence-electron chi connectivity index (χ0n) is 25.2. The number of unbranched alkanes of at least 4 members (excludes halogenated alkanes) is 1. The number of aromatic nitrogens is 2. The van der Waals surface area contributed by atoms with Gasteiger partial charge in [0.15, 0.2) is 0 Å². The van der Waals surface area contributed by atoms with Crippen LogP contribution in [0.2, 0.25) is 0 Å². The van der Waals surface area contributed by atoms with E-state index in [9.17, 15) is 22.0 Å². The standard InChI is InChI=1S/C36H33F6N3O/c1-2-3-20-45-32(33(26-10-6-4-7-11-26)43-34(45)27-12-8-5-9-13-27)24-44(22-25-14-18-30(19-15-25)46-35(38)39)23-28-16-17-29(21-31(28)37)36(40,41)42/h4-19,21,35H,2-3,20,22-24H2,1H3. The van der Waals surface area contributed by atoms with Gasteiger partial charge in [0.1, 0.15) is 17.4 Å². The van der Waals surface area contributed by atoms with Crippen molar-refractivity contribution in [2.75, 3.05) is 0 Å². The molecular formula is C36H33F6N3O. The van der Waals surface area contributed by atoms with E-state index >= 15 is 4.39 Å². The van der Waals surface area contributed by atoms with Crippen molar-refractivity contribution in [3.8, 4) is 28.4 Å². The maximum Gasteiger partial charge on any atom is 0.416 e. The predicted molar refractivity (Wildman–Crippen MR) is 165 cm³/mol. The fourth-order valence-electron chi connectivity index (χ4n) is 5.35. The summed E-state index contributed by atoms with van der Waals surface area (Å²) in [5, 5.41) is 0. The highest BCUT2D eigenvalue weighted by molar-refractivity contribution is 5.68. The highest BCUT2D eigenvalue weighted by Crippen LogP contribution is 2.33. The Morgan fingerprint density at radius 2 is 1.46 bits per heavy atom. The Morgan fingerprint density at radius 1 is 0.804 bits per heavy atom. The number of imidazole rings is 1. The summed E-state index contributed by atoms with van der Waals surface area (Å²) in [6.07, 6.45) is -2.87. The van der Waals surface area contributed by atoms with Gasteiger partial charge in [0.25, 0.3) is 0 Å². The number of hydrogen-bond donors (Lipinski definition) is 0. The van der Waals surface area contributed by atoms with E-state index in [0.29, 0.717) is 12.6 Å². The summed E-state index contributed by atoms with van der Waals surface area (Å²) in [4.78, 5) is 7.03. The second kappa shape index (κ2) is 14.7. The van der Waals surface area contributed by atoms with Gasteiger partial charge in [0, 0.05) is 42.9 Å². The van der Waals surface area contributed by atoms with Gasteiger partial charge >= 0.3 is 12.8 Å². The first-order valence-corrected chi connectivity index (χ1v) is 14.9. The van der Waals surface area contributed by atoms with Crippen LogP contribution in [0.5, 0.6) is 5.75 Å². The molecule has 0 bridgehead atoms. The molecule has 0 fully saturated rings. The van der Waals surface area contributed by atoms with Gasteiger partial charge in [-0.05, 0) is 36.2 Å². The van der Waals surface area contributed by atoms with Gasteiger partial charge in [-0.2, -0.15) is 22.0 Å². The molecule has 0 aliphatic carbocycles. The monoisotopic (exact) mass is 637 g/mol. The third-order valence-electron chi connectivity index (χ3n) is 7.59. The molecule has 1 aromatic heterocycles. The molecule has 46 heavy (non-hydrogen) atoms. The Morgan fingerprint density at radius 3 is 2.04 bits per heavy atom. The van der Waals surface area contributed by atoms with Crippen molar-refractivity contribution in [1.29, 1.82) is 0 Å². The molecule has 10 heteroatoms. The van der Waals surface area contributed by atoms with Crippen molar-refractivity contribution in [2.45, 2.75) is 58.7 Å². The van der Waals surface area contributed by atoms with Crippen molar-refractivity contribution >= 4 is 0 Å². The van der Waals surface area contributed by atoms with Gasteiger partial charge in [-0.25, -0.2) is 9.37 Å². The van der Waals surface area contributed by atoms with Crippen molar-refractivity contribution in [2.24, 2.45) is 0 Å². The van der Waals surface area contributed by atoms with Crippen LogP contribution in [0.25, 0.3) is 22.6 Å². The molecule has 0 saturated heterocycles. The van der Waals surface area contributed by atoms with E-state index < -0.39 is 24.2 Å². The Kier molecular flexibility index (Phi) is 10.5. The maximum absolute atomic E-state index is 15.2. The van der Waals surface area contributed by atoms with Crippen molar-refractivity contribution in [3.05, 3.63) is 131 Å². The minimum atomic E-state index is -4.68. The molecular weight excluding hydrogens is 604 g/mol. The fourth-order valence-corrected chi connectivity index (χ4v) is 5.35. The normalized spacial score (nSPS) is 11.8. The quantitative estimate of drug-likeness (QED) is 0.120. The van der Waals surface area contributed by atoms with Gasteiger partial charge in [-0.3, -0.25) is 4.90 Å². The Bertz CT molecular complexity index is 1700. The van der Waals surface area contributed by atoms with Crippen LogP contribution >= 0.6 is 0 Å². The summed E-state index contributed by atoms with van der Waals surface area (Å²) >= 11 is 0. The summed E-state index contributed by atoms with van der Waals surface area (Å²) < 4.78 is 87.2. The van der Waals surface area contributed by atoms with E-state index in [-0.39, 0.29) is 30.9 Å². The second-order valence-corrected chi connectivity index (χ2v) is 10.9. The van der Waals surface area contributed by atoms with Crippen LogP contribution in [0.1, 0.15) is 42.1 Å². The molecule has 1 heterocycles. The molecule has 0 N–H and O–H groups in total. The van der Waals surface area contributed by atoms with E-state index in [4.69, 9.17) is 4.98 Å². The summed E-state index contributed by atoms with van der Waals surface area (Å²) in [7, 11) is 0. The number of halogens is 6. The first kappa shape index (κ1) is 32.8. The van der Waals surface area contributed by atoms with Crippen LogP contribution < -0.4 is 4.74 Å². The highest BCUT2D eigenvalue weighted by Gasteiger charge is 2.31. The number of benzene rings is 4. The number of alkyl halides is 5. The lowest BCUT2D eigenvalue weighted by molar-refractivity contribution is -0.137. The van der Waals surface area contributed by atoms with Crippen LogP contribution in [-0.4, -0.2) is 21.1 Å². The van der Waals surface area contributed by atoms with E-state index in [1.54, 1.807) is 12.1 Å². The third-order valence-corrected chi connectivity index (χ3v) is 7.59. The van der Waals surface area contributed by atoms with Crippen molar-refractivity contribution in [1.82, 2.24) is 14.5 Å². The van der Waals surface area contributed by atoms with Crippen LogP contribution in [0.3, 0.4) is 0 Å². The Balaban J connectivity index is 1.59. The molecule has 240 valence electrons. The molecule has 0 unspecified atom stereocenters. The molecule has 5 aromatic rings. The molecule has 4 nitrogen and oxygen atoms in total. The third kappa shape index (κ3) is 8.17. The molecule has 5 rings (SSSR count). The van der Waals surface area contributed by atoms with Gasteiger partial charge in [-0.15, -0.1) is 0 Å². The topological polar surface area (TPSA) is 30.3 Å².